The molecule has 2 aliphatic rings. The molecular weight excluding hydrogens is 490 g/mol. The minimum atomic E-state index is -2.90. The number of aromatic amines is 1. The number of alkyl halides is 2. The normalized spacial score (nSPS) is 18.4. The van der Waals surface area contributed by atoms with Crippen LogP contribution < -0.4 is 15.0 Å². The summed E-state index contributed by atoms with van der Waals surface area (Å²) in [4.78, 5) is 21.9. The van der Waals surface area contributed by atoms with Crippen LogP contribution in [0, 0.1) is 0 Å². The van der Waals surface area contributed by atoms with Gasteiger partial charge in [-0.15, -0.1) is 0 Å². The van der Waals surface area contributed by atoms with Crippen LogP contribution >= 0.6 is 0 Å². The third-order valence-electron chi connectivity index (χ3n) is 7.38. The van der Waals surface area contributed by atoms with E-state index in [-0.39, 0.29) is 24.0 Å². The number of aromatic nitrogens is 3. The Balaban J connectivity index is 1.24. The van der Waals surface area contributed by atoms with Crippen LogP contribution in [0.4, 0.5) is 20.3 Å². The fraction of sp³-hybridized carbons (Fsp3) is 0.321. The molecule has 4 aromatic rings. The van der Waals surface area contributed by atoms with E-state index in [0.29, 0.717) is 12.1 Å². The van der Waals surface area contributed by atoms with Crippen molar-refractivity contribution in [1.29, 1.82) is 0 Å². The van der Waals surface area contributed by atoms with Crippen molar-refractivity contribution in [2.24, 2.45) is 0 Å². The van der Waals surface area contributed by atoms with Gasteiger partial charge in [0.05, 0.1) is 5.52 Å². The molecule has 8 nitrogen and oxygen atoms in total. The molecule has 38 heavy (non-hydrogen) atoms. The van der Waals surface area contributed by atoms with Crippen LogP contribution in [0.15, 0.2) is 54.7 Å². The highest BCUT2D eigenvalue weighted by Crippen LogP contribution is 2.36. The fourth-order valence-electron chi connectivity index (χ4n) is 5.30. The number of carbonyl (C=O) groups is 1. The van der Waals surface area contributed by atoms with Crippen LogP contribution in [-0.2, 0) is 11.2 Å². The van der Waals surface area contributed by atoms with Gasteiger partial charge >= 0.3 is 6.61 Å². The number of halogens is 2. The number of nitrogens with one attached hydrogen (secondary N) is 2. The minimum absolute atomic E-state index is 0.0783. The molecule has 1 atom stereocenters. The van der Waals surface area contributed by atoms with Crippen molar-refractivity contribution in [3.8, 4) is 17.0 Å². The minimum Gasteiger partial charge on any atom is -0.435 e. The van der Waals surface area contributed by atoms with Gasteiger partial charge in [-0.2, -0.15) is 13.9 Å². The standard InChI is InChI=1S/C28H28F2N6O2/c1-35-8-10-36(11-9-35)25-7-3-18(16-31-25)27-22-5-2-17(14-24(22)33-34-27)19-12-20-13-21(38-28(29)30)4-6-23(20)32-26(37)15-19/h2-7,13-14,16,19,28H,8-12,15H2,1H3,(H,32,37)(H,33,34). The van der Waals surface area contributed by atoms with Gasteiger partial charge in [0, 0.05) is 55.4 Å². The smallest absolute Gasteiger partial charge is 0.387 e. The molecule has 0 radical (unpaired) electrons. The van der Waals surface area contributed by atoms with Gasteiger partial charge in [-0.05, 0) is 66.9 Å². The Kier molecular flexibility index (Phi) is 6.40. The molecule has 0 spiro atoms. The van der Waals surface area contributed by atoms with E-state index in [4.69, 9.17) is 4.98 Å². The highest BCUT2D eigenvalue weighted by atomic mass is 19.3. The molecule has 0 saturated carbocycles. The van der Waals surface area contributed by atoms with E-state index >= 15 is 0 Å². The van der Waals surface area contributed by atoms with Crippen LogP contribution in [0.5, 0.6) is 5.75 Å². The van der Waals surface area contributed by atoms with Crippen molar-refractivity contribution in [3.63, 3.8) is 0 Å². The van der Waals surface area contributed by atoms with E-state index in [1.54, 1.807) is 12.1 Å². The second-order valence-electron chi connectivity index (χ2n) is 9.92. The Hall–Kier alpha value is -4.05. The Morgan fingerprint density at radius 3 is 2.63 bits per heavy atom. The summed E-state index contributed by atoms with van der Waals surface area (Å²) in [6.45, 7) is 1.06. The number of amides is 1. The molecule has 10 heteroatoms. The number of benzene rings is 2. The molecule has 2 N–H and O–H groups in total. The SMILES string of the molecule is CN1CCN(c2ccc(-c3n[nH]c4cc(C5CC(=O)Nc6ccc(OC(F)F)cc6C5)ccc34)cn2)CC1. The van der Waals surface area contributed by atoms with Crippen LogP contribution in [0.25, 0.3) is 22.2 Å². The predicted octanol–water partition coefficient (Wildman–Crippen LogP) is 4.65. The first-order chi connectivity index (χ1) is 18.4. The van der Waals surface area contributed by atoms with E-state index < -0.39 is 6.61 Å². The second kappa shape index (κ2) is 10.0. The number of anilines is 2. The van der Waals surface area contributed by atoms with Gasteiger partial charge in [0.25, 0.3) is 0 Å². The number of ether oxygens (including phenoxy) is 1. The van der Waals surface area contributed by atoms with Gasteiger partial charge in [0.1, 0.15) is 17.3 Å². The number of rotatable bonds is 5. The molecule has 2 aliphatic heterocycles. The lowest BCUT2D eigenvalue weighted by Crippen LogP contribution is -2.44. The Bertz CT molecular complexity index is 1460. The van der Waals surface area contributed by atoms with Gasteiger partial charge in [-0.3, -0.25) is 9.89 Å². The van der Waals surface area contributed by atoms with Gasteiger partial charge in [0.2, 0.25) is 5.91 Å². The third-order valence-corrected chi connectivity index (χ3v) is 7.38. The van der Waals surface area contributed by atoms with E-state index in [1.165, 1.54) is 6.07 Å². The highest BCUT2D eigenvalue weighted by Gasteiger charge is 2.24. The maximum absolute atomic E-state index is 12.7. The van der Waals surface area contributed by atoms with Crippen molar-refractivity contribution in [1.82, 2.24) is 20.1 Å². The number of likely N-dealkylation sites (N-methyl/N-ethyl adjacent to an activating group) is 1. The second-order valence-corrected chi connectivity index (χ2v) is 9.92. The number of hydrogen-bond acceptors (Lipinski definition) is 6. The summed E-state index contributed by atoms with van der Waals surface area (Å²) in [7, 11) is 2.13. The molecular formula is C28H28F2N6O2. The van der Waals surface area contributed by atoms with E-state index in [1.807, 2.05) is 30.5 Å². The summed E-state index contributed by atoms with van der Waals surface area (Å²) >= 11 is 0. The molecule has 196 valence electrons. The van der Waals surface area contributed by atoms with Crippen LogP contribution in [0.1, 0.15) is 23.5 Å². The average molecular weight is 519 g/mol. The fourth-order valence-corrected chi connectivity index (χ4v) is 5.30. The summed E-state index contributed by atoms with van der Waals surface area (Å²) in [5, 5.41) is 11.5. The first kappa shape index (κ1) is 24.3. The Morgan fingerprint density at radius 2 is 1.87 bits per heavy atom. The zero-order valence-corrected chi connectivity index (χ0v) is 21.0. The van der Waals surface area contributed by atoms with Crippen molar-refractivity contribution < 1.29 is 18.3 Å². The lowest BCUT2D eigenvalue weighted by Gasteiger charge is -2.33. The number of fused-ring (bicyclic) bond motifs is 2. The lowest BCUT2D eigenvalue weighted by molar-refractivity contribution is -0.116. The van der Waals surface area contributed by atoms with Crippen molar-refractivity contribution in [3.05, 3.63) is 65.9 Å². The molecule has 6 rings (SSSR count). The van der Waals surface area contributed by atoms with E-state index in [2.05, 4.69) is 43.2 Å². The summed E-state index contributed by atoms with van der Waals surface area (Å²) in [5.74, 6) is 0.805. The van der Waals surface area contributed by atoms with Gasteiger partial charge in [0.15, 0.2) is 0 Å². The third kappa shape index (κ3) is 4.91. The van der Waals surface area contributed by atoms with Crippen LogP contribution in [0.2, 0.25) is 0 Å². The highest BCUT2D eigenvalue weighted by molar-refractivity contribution is 5.95. The monoisotopic (exact) mass is 518 g/mol. The first-order valence-electron chi connectivity index (χ1n) is 12.7. The zero-order chi connectivity index (χ0) is 26.2. The maximum atomic E-state index is 12.7. The van der Waals surface area contributed by atoms with Crippen LogP contribution in [-0.4, -0.2) is 65.8 Å². The number of nitrogens with zero attached hydrogens (tertiary/aromatic N) is 4. The summed E-state index contributed by atoms with van der Waals surface area (Å²) in [6.07, 6.45) is 2.66. The van der Waals surface area contributed by atoms with Gasteiger partial charge in [-0.25, -0.2) is 4.98 Å². The molecule has 1 amide bonds. The molecule has 1 saturated heterocycles. The summed E-state index contributed by atoms with van der Waals surface area (Å²) in [5.41, 5.74) is 4.96. The molecule has 4 heterocycles. The average Bonchev–Trinajstić information content (AvgIpc) is 3.25. The number of pyridine rings is 1. The molecule has 2 aromatic carbocycles. The van der Waals surface area contributed by atoms with Crippen LogP contribution in [0.3, 0.4) is 0 Å². The van der Waals surface area contributed by atoms with Gasteiger partial charge < -0.3 is 19.9 Å². The van der Waals surface area contributed by atoms with Crippen molar-refractivity contribution >= 4 is 28.3 Å². The van der Waals surface area contributed by atoms with Gasteiger partial charge in [-0.1, -0.05) is 12.1 Å². The number of H-pyrrole nitrogens is 1. The quantitative estimate of drug-likeness (QED) is 0.400. The lowest BCUT2D eigenvalue weighted by atomic mass is 9.89. The molecule has 2 aromatic heterocycles. The predicted molar refractivity (Wildman–Crippen MR) is 142 cm³/mol. The topological polar surface area (TPSA) is 86.4 Å². The molecule has 0 aliphatic carbocycles. The number of carbonyl (C=O) groups excluding carboxylic acids is 1. The summed E-state index contributed by atoms with van der Waals surface area (Å²) in [6, 6.07) is 14.8. The first-order valence-corrected chi connectivity index (χ1v) is 12.7. The number of hydrogen-bond donors (Lipinski definition) is 2. The van der Waals surface area contributed by atoms with E-state index in [0.717, 1.165) is 65.3 Å². The van der Waals surface area contributed by atoms with Crippen molar-refractivity contribution in [2.45, 2.75) is 25.4 Å². The molecule has 1 fully saturated rings. The van der Waals surface area contributed by atoms with Crippen molar-refractivity contribution in [2.75, 3.05) is 43.4 Å². The number of piperazine rings is 1. The maximum Gasteiger partial charge on any atom is 0.387 e. The molecule has 0 bridgehead atoms. The molecule has 1 unspecified atom stereocenters. The van der Waals surface area contributed by atoms with E-state index in [9.17, 15) is 13.6 Å². The summed E-state index contributed by atoms with van der Waals surface area (Å²) < 4.78 is 30.0. The Morgan fingerprint density at radius 1 is 1.03 bits per heavy atom. The zero-order valence-electron chi connectivity index (χ0n) is 21.0. The largest absolute Gasteiger partial charge is 0.435 e. The Labute approximate surface area is 218 Å².